The standard InChI is InChI=1S/C37H48N4O2/c1-41(2)37-34-17-9-10-18-35(34)39-36(40-37)19-11-16-29-20-22-30(23-21-29)24-38-25-33(43-27-32-14-7-4-8-15-32)28-42-26-31-12-5-3-6-13-31/h3-10,12-15,17-18,29-30,33,38H,11,16,19-28H2,1-2H3/t29?,30?,33-/m0/s1. The molecule has 1 atom stereocenters. The minimum Gasteiger partial charge on any atom is -0.374 e. The van der Waals surface area contributed by atoms with Gasteiger partial charge < -0.3 is 19.7 Å². The third-order valence-corrected chi connectivity index (χ3v) is 8.58. The minimum atomic E-state index is 0.0191. The monoisotopic (exact) mass is 580 g/mol. The van der Waals surface area contributed by atoms with E-state index >= 15 is 0 Å². The van der Waals surface area contributed by atoms with Gasteiger partial charge in [0, 0.05) is 32.4 Å². The fourth-order valence-electron chi connectivity index (χ4n) is 6.12. The maximum absolute atomic E-state index is 6.30. The Kier molecular flexibility index (Phi) is 11.9. The summed E-state index contributed by atoms with van der Waals surface area (Å²) in [7, 11) is 4.12. The summed E-state index contributed by atoms with van der Waals surface area (Å²) in [6.45, 7) is 3.66. The molecule has 5 rings (SSSR count). The first-order chi connectivity index (χ1) is 21.1. The molecule has 6 heteroatoms. The number of fused-ring (bicyclic) bond motifs is 1. The number of benzene rings is 3. The first-order valence-corrected chi connectivity index (χ1v) is 16.0. The SMILES string of the molecule is CN(C)c1nc(CCCC2CCC(CNC[C@@H](COCc3ccccc3)OCc3ccccc3)CC2)nc2ccccc12. The van der Waals surface area contributed by atoms with E-state index in [1.165, 1.54) is 43.2 Å². The van der Waals surface area contributed by atoms with Gasteiger partial charge in [-0.05, 0) is 60.9 Å². The highest BCUT2D eigenvalue weighted by molar-refractivity contribution is 5.89. The normalized spacial score (nSPS) is 17.6. The van der Waals surface area contributed by atoms with Crippen molar-refractivity contribution in [3.63, 3.8) is 0 Å². The Hall–Kier alpha value is -3.32. The van der Waals surface area contributed by atoms with E-state index in [-0.39, 0.29) is 6.10 Å². The number of ether oxygens (including phenoxy) is 2. The summed E-state index contributed by atoms with van der Waals surface area (Å²) in [4.78, 5) is 11.9. The molecule has 4 aromatic rings. The number of aromatic nitrogens is 2. The summed E-state index contributed by atoms with van der Waals surface area (Å²) in [5.74, 6) is 3.54. The second-order valence-electron chi connectivity index (χ2n) is 12.2. The van der Waals surface area contributed by atoms with E-state index in [1.807, 2.05) is 12.1 Å². The van der Waals surface area contributed by atoms with Crippen LogP contribution >= 0.6 is 0 Å². The molecular weight excluding hydrogens is 532 g/mol. The van der Waals surface area contributed by atoms with E-state index in [0.717, 1.165) is 60.3 Å². The molecule has 1 aromatic heterocycles. The molecule has 3 aromatic carbocycles. The largest absolute Gasteiger partial charge is 0.374 e. The molecule has 0 unspecified atom stereocenters. The summed E-state index contributed by atoms with van der Waals surface area (Å²) in [6.07, 6.45) is 8.63. The fraction of sp³-hybridized carbons (Fsp3) is 0.459. The summed E-state index contributed by atoms with van der Waals surface area (Å²) in [6, 6.07) is 29.1. The number of nitrogens with one attached hydrogen (secondary N) is 1. The van der Waals surface area contributed by atoms with Crippen LogP contribution in [0.25, 0.3) is 10.9 Å². The Morgan fingerprint density at radius 3 is 2.16 bits per heavy atom. The van der Waals surface area contributed by atoms with Crippen molar-refractivity contribution in [3.05, 3.63) is 102 Å². The first-order valence-electron chi connectivity index (χ1n) is 16.0. The van der Waals surface area contributed by atoms with Crippen molar-refractivity contribution in [1.29, 1.82) is 0 Å². The lowest BCUT2D eigenvalue weighted by Gasteiger charge is -2.29. The second kappa shape index (κ2) is 16.5. The van der Waals surface area contributed by atoms with Crippen LogP contribution in [0.5, 0.6) is 0 Å². The third-order valence-electron chi connectivity index (χ3n) is 8.58. The molecule has 1 aliphatic rings. The van der Waals surface area contributed by atoms with Gasteiger partial charge in [0.25, 0.3) is 0 Å². The predicted molar refractivity (Wildman–Crippen MR) is 176 cm³/mol. The molecule has 1 N–H and O–H groups in total. The number of para-hydroxylation sites is 1. The average Bonchev–Trinajstić information content (AvgIpc) is 3.04. The number of hydrogen-bond donors (Lipinski definition) is 1. The second-order valence-corrected chi connectivity index (χ2v) is 12.2. The van der Waals surface area contributed by atoms with Crippen molar-refractivity contribution < 1.29 is 9.47 Å². The van der Waals surface area contributed by atoms with Gasteiger partial charge >= 0.3 is 0 Å². The summed E-state index contributed by atoms with van der Waals surface area (Å²) < 4.78 is 12.4. The fourth-order valence-corrected chi connectivity index (χ4v) is 6.12. The molecule has 0 amide bonds. The van der Waals surface area contributed by atoms with Crippen LogP contribution < -0.4 is 10.2 Å². The Bertz CT molecular complexity index is 1360. The van der Waals surface area contributed by atoms with Crippen molar-refractivity contribution in [1.82, 2.24) is 15.3 Å². The number of rotatable bonds is 16. The molecule has 6 nitrogen and oxygen atoms in total. The van der Waals surface area contributed by atoms with E-state index in [9.17, 15) is 0 Å². The van der Waals surface area contributed by atoms with E-state index in [2.05, 4.69) is 97.1 Å². The Balaban J connectivity index is 1.02. The third kappa shape index (κ3) is 9.85. The molecule has 1 saturated carbocycles. The zero-order valence-corrected chi connectivity index (χ0v) is 26.0. The van der Waals surface area contributed by atoms with Crippen molar-refractivity contribution in [2.45, 2.75) is 64.3 Å². The van der Waals surface area contributed by atoms with Gasteiger partial charge in [-0.25, -0.2) is 9.97 Å². The van der Waals surface area contributed by atoms with E-state index in [1.54, 1.807) is 0 Å². The predicted octanol–water partition coefficient (Wildman–Crippen LogP) is 7.22. The summed E-state index contributed by atoms with van der Waals surface area (Å²) in [5.41, 5.74) is 3.43. The molecule has 1 aliphatic carbocycles. The topological polar surface area (TPSA) is 59.5 Å². The van der Waals surface area contributed by atoms with Crippen LogP contribution in [0.1, 0.15) is 55.5 Å². The van der Waals surface area contributed by atoms with Gasteiger partial charge in [0.2, 0.25) is 0 Å². The van der Waals surface area contributed by atoms with Crippen molar-refractivity contribution in [3.8, 4) is 0 Å². The lowest BCUT2D eigenvalue weighted by atomic mass is 9.80. The van der Waals surface area contributed by atoms with Gasteiger partial charge in [-0.15, -0.1) is 0 Å². The summed E-state index contributed by atoms with van der Waals surface area (Å²) in [5, 5.41) is 4.85. The van der Waals surface area contributed by atoms with Crippen LogP contribution in [-0.2, 0) is 29.1 Å². The lowest BCUT2D eigenvalue weighted by Crippen LogP contribution is -2.36. The average molecular weight is 581 g/mol. The van der Waals surface area contributed by atoms with Gasteiger partial charge in [-0.2, -0.15) is 0 Å². The molecular formula is C37H48N4O2. The van der Waals surface area contributed by atoms with Crippen LogP contribution in [0.2, 0.25) is 0 Å². The molecule has 228 valence electrons. The molecule has 0 radical (unpaired) electrons. The van der Waals surface area contributed by atoms with E-state index in [0.29, 0.717) is 19.8 Å². The smallest absolute Gasteiger partial charge is 0.139 e. The van der Waals surface area contributed by atoms with Crippen LogP contribution in [0.4, 0.5) is 5.82 Å². The molecule has 1 heterocycles. The molecule has 0 saturated heterocycles. The van der Waals surface area contributed by atoms with E-state index in [4.69, 9.17) is 19.4 Å². The highest BCUT2D eigenvalue weighted by Crippen LogP contribution is 2.32. The van der Waals surface area contributed by atoms with Crippen LogP contribution in [0.3, 0.4) is 0 Å². The number of anilines is 1. The highest BCUT2D eigenvalue weighted by atomic mass is 16.5. The van der Waals surface area contributed by atoms with Crippen molar-refractivity contribution >= 4 is 16.7 Å². The van der Waals surface area contributed by atoms with Crippen molar-refractivity contribution in [2.24, 2.45) is 11.8 Å². The first kappa shape index (κ1) is 31.1. The van der Waals surface area contributed by atoms with Gasteiger partial charge in [0.1, 0.15) is 11.6 Å². The number of aryl methyl sites for hydroxylation is 1. The van der Waals surface area contributed by atoms with Gasteiger partial charge in [0.15, 0.2) is 0 Å². The number of hydrogen-bond acceptors (Lipinski definition) is 6. The summed E-state index contributed by atoms with van der Waals surface area (Å²) >= 11 is 0. The molecule has 1 fully saturated rings. The van der Waals surface area contributed by atoms with Crippen LogP contribution in [0.15, 0.2) is 84.9 Å². The van der Waals surface area contributed by atoms with Gasteiger partial charge in [-0.1, -0.05) is 92.1 Å². The Morgan fingerprint density at radius 1 is 0.791 bits per heavy atom. The maximum atomic E-state index is 6.30. The zero-order valence-electron chi connectivity index (χ0n) is 26.0. The van der Waals surface area contributed by atoms with Gasteiger partial charge in [0.05, 0.1) is 31.4 Å². The molecule has 0 bridgehead atoms. The zero-order chi connectivity index (χ0) is 29.7. The van der Waals surface area contributed by atoms with Gasteiger partial charge in [-0.3, -0.25) is 0 Å². The quantitative estimate of drug-likeness (QED) is 0.151. The molecule has 0 aliphatic heterocycles. The molecule has 43 heavy (non-hydrogen) atoms. The van der Waals surface area contributed by atoms with Crippen molar-refractivity contribution in [2.75, 3.05) is 38.7 Å². The van der Waals surface area contributed by atoms with E-state index < -0.39 is 0 Å². The molecule has 0 spiro atoms. The minimum absolute atomic E-state index is 0.0191. The lowest BCUT2D eigenvalue weighted by molar-refractivity contribution is -0.0288. The van der Waals surface area contributed by atoms with Crippen LogP contribution in [0, 0.1) is 11.8 Å². The Labute approximate surface area is 257 Å². The van der Waals surface area contributed by atoms with Crippen LogP contribution in [-0.4, -0.2) is 49.9 Å². The Morgan fingerprint density at radius 2 is 1.44 bits per heavy atom. The highest BCUT2D eigenvalue weighted by Gasteiger charge is 2.21. The number of nitrogens with zero attached hydrogens (tertiary/aromatic N) is 3. The maximum Gasteiger partial charge on any atom is 0.139 e.